The third-order valence-corrected chi connectivity index (χ3v) is 5.89. The average molecular weight is 404 g/mol. The van der Waals surface area contributed by atoms with Crippen LogP contribution in [-0.4, -0.2) is 37.7 Å². The molecular weight excluding hydrogens is 380 g/mol. The number of sulfonamides is 1. The normalized spacial score (nSPS) is 11.2. The van der Waals surface area contributed by atoms with Gasteiger partial charge in [0.25, 0.3) is 0 Å². The van der Waals surface area contributed by atoms with Crippen LogP contribution in [0.5, 0.6) is 5.75 Å². The molecule has 0 aromatic heterocycles. The number of carbonyl (C=O) groups is 1. The summed E-state index contributed by atoms with van der Waals surface area (Å²) in [6, 6.07) is 12.0. The number of nitrogens with one attached hydrogen (secondary N) is 2. The molecule has 0 saturated heterocycles. The number of rotatable bonds is 8. The minimum Gasteiger partial charge on any atom is -0.423 e. The summed E-state index contributed by atoms with van der Waals surface area (Å²) >= 11 is 0. The number of hydrogen-bond acceptors (Lipinski definition) is 5. The second kappa shape index (κ2) is 9.34. The Morgan fingerprint density at radius 3 is 2.21 bits per heavy atom. The molecule has 2 aromatic carbocycles. The standard InChI is InChI=1S/C19H24N4O4S/c1-3-13-23(4-2)28(25,26)17-11-9-16(10-12-17)27-18(24)14-5-7-15(8-6-14)22-19(20)21/h5-12H,3-4,13H2,1-2H3,(H4,20,21,22). The monoisotopic (exact) mass is 404 g/mol. The van der Waals surface area contributed by atoms with Crippen molar-refractivity contribution in [1.29, 1.82) is 5.41 Å². The molecule has 0 radical (unpaired) electrons. The third kappa shape index (κ3) is 5.30. The molecule has 0 aliphatic rings. The highest BCUT2D eigenvalue weighted by molar-refractivity contribution is 7.89. The second-order valence-corrected chi connectivity index (χ2v) is 7.91. The molecule has 0 aliphatic heterocycles. The van der Waals surface area contributed by atoms with E-state index in [0.717, 1.165) is 6.42 Å². The zero-order chi connectivity index (χ0) is 20.7. The Hall–Kier alpha value is -2.91. The lowest BCUT2D eigenvalue weighted by Gasteiger charge is -2.19. The van der Waals surface area contributed by atoms with Gasteiger partial charge in [-0.3, -0.25) is 5.41 Å². The van der Waals surface area contributed by atoms with Crippen LogP contribution in [0.4, 0.5) is 5.69 Å². The molecule has 2 aromatic rings. The minimum atomic E-state index is -3.57. The number of hydrogen-bond donors (Lipinski definition) is 3. The van der Waals surface area contributed by atoms with E-state index >= 15 is 0 Å². The average Bonchev–Trinajstić information content (AvgIpc) is 2.66. The van der Waals surface area contributed by atoms with E-state index in [2.05, 4.69) is 5.32 Å². The molecule has 4 N–H and O–H groups in total. The van der Waals surface area contributed by atoms with Crippen molar-refractivity contribution in [3.63, 3.8) is 0 Å². The van der Waals surface area contributed by atoms with E-state index < -0.39 is 16.0 Å². The van der Waals surface area contributed by atoms with Crippen molar-refractivity contribution in [2.75, 3.05) is 18.4 Å². The summed E-state index contributed by atoms with van der Waals surface area (Å²) in [6.07, 6.45) is 0.726. The number of nitrogens with two attached hydrogens (primary N) is 1. The lowest BCUT2D eigenvalue weighted by molar-refractivity contribution is 0.0734. The van der Waals surface area contributed by atoms with Crippen molar-refractivity contribution in [2.24, 2.45) is 5.73 Å². The lowest BCUT2D eigenvalue weighted by atomic mass is 10.2. The number of esters is 1. The highest BCUT2D eigenvalue weighted by Crippen LogP contribution is 2.21. The number of benzene rings is 2. The van der Waals surface area contributed by atoms with Crippen molar-refractivity contribution in [2.45, 2.75) is 25.2 Å². The van der Waals surface area contributed by atoms with Gasteiger partial charge in [-0.1, -0.05) is 13.8 Å². The molecule has 0 aliphatic carbocycles. The van der Waals surface area contributed by atoms with Gasteiger partial charge in [0.05, 0.1) is 10.5 Å². The lowest BCUT2D eigenvalue weighted by Crippen LogP contribution is -2.31. The van der Waals surface area contributed by atoms with E-state index in [1.807, 2.05) is 6.92 Å². The predicted molar refractivity (Wildman–Crippen MR) is 108 cm³/mol. The fraction of sp³-hybridized carbons (Fsp3) is 0.263. The van der Waals surface area contributed by atoms with E-state index in [1.54, 1.807) is 19.1 Å². The van der Waals surface area contributed by atoms with Crippen LogP contribution < -0.4 is 15.8 Å². The van der Waals surface area contributed by atoms with Crippen LogP contribution in [0.3, 0.4) is 0 Å². The number of guanidine groups is 1. The highest BCUT2D eigenvalue weighted by Gasteiger charge is 2.22. The van der Waals surface area contributed by atoms with Crippen LogP contribution in [0, 0.1) is 5.41 Å². The van der Waals surface area contributed by atoms with Gasteiger partial charge in [0.2, 0.25) is 10.0 Å². The SMILES string of the molecule is CCCN(CC)S(=O)(=O)c1ccc(OC(=O)c2ccc(NC(=N)N)cc2)cc1. The number of ether oxygens (including phenoxy) is 1. The maximum absolute atomic E-state index is 12.6. The Bertz CT molecular complexity index is 925. The molecule has 0 amide bonds. The largest absolute Gasteiger partial charge is 0.423 e. The van der Waals surface area contributed by atoms with Gasteiger partial charge < -0.3 is 15.8 Å². The van der Waals surface area contributed by atoms with Gasteiger partial charge in [-0.15, -0.1) is 0 Å². The van der Waals surface area contributed by atoms with Crippen LogP contribution in [0.2, 0.25) is 0 Å². The molecule has 9 heteroatoms. The van der Waals surface area contributed by atoms with Crippen LogP contribution in [0.15, 0.2) is 53.4 Å². The summed E-state index contributed by atoms with van der Waals surface area (Å²) in [4.78, 5) is 12.4. The summed E-state index contributed by atoms with van der Waals surface area (Å²) in [5.41, 5.74) is 6.13. The molecule has 0 saturated carbocycles. The van der Waals surface area contributed by atoms with Gasteiger partial charge in [-0.25, -0.2) is 13.2 Å². The summed E-state index contributed by atoms with van der Waals surface area (Å²) in [6.45, 7) is 4.55. The van der Waals surface area contributed by atoms with Gasteiger partial charge in [-0.05, 0) is 55.0 Å². The molecule has 2 rings (SSSR count). The summed E-state index contributed by atoms with van der Waals surface area (Å²) in [7, 11) is -3.57. The number of carbonyl (C=O) groups excluding carboxylic acids is 1. The molecule has 0 fully saturated rings. The first-order valence-corrected chi connectivity index (χ1v) is 10.3. The zero-order valence-electron chi connectivity index (χ0n) is 15.8. The maximum Gasteiger partial charge on any atom is 0.343 e. The highest BCUT2D eigenvalue weighted by atomic mass is 32.2. The summed E-state index contributed by atoms with van der Waals surface area (Å²) < 4.78 is 31.9. The van der Waals surface area contributed by atoms with E-state index in [4.69, 9.17) is 15.9 Å². The molecule has 28 heavy (non-hydrogen) atoms. The number of nitrogens with zero attached hydrogens (tertiary/aromatic N) is 1. The van der Waals surface area contributed by atoms with Crippen LogP contribution in [0.25, 0.3) is 0 Å². The first kappa shape index (κ1) is 21.4. The van der Waals surface area contributed by atoms with E-state index in [1.165, 1.54) is 40.7 Å². The van der Waals surface area contributed by atoms with Crippen molar-refractivity contribution in [3.05, 3.63) is 54.1 Å². The van der Waals surface area contributed by atoms with Gasteiger partial charge in [0, 0.05) is 18.8 Å². The molecule has 0 atom stereocenters. The molecule has 8 nitrogen and oxygen atoms in total. The zero-order valence-corrected chi connectivity index (χ0v) is 16.6. The van der Waals surface area contributed by atoms with Crippen LogP contribution >= 0.6 is 0 Å². The maximum atomic E-state index is 12.6. The van der Waals surface area contributed by atoms with Crippen LogP contribution in [0.1, 0.15) is 30.6 Å². The number of anilines is 1. The predicted octanol–water partition coefficient (Wildman–Crippen LogP) is 2.63. The van der Waals surface area contributed by atoms with Gasteiger partial charge >= 0.3 is 5.97 Å². The summed E-state index contributed by atoms with van der Waals surface area (Å²) in [5, 5.41) is 9.78. The van der Waals surface area contributed by atoms with E-state index in [9.17, 15) is 13.2 Å². The van der Waals surface area contributed by atoms with Crippen LogP contribution in [-0.2, 0) is 10.0 Å². The quantitative estimate of drug-likeness (QED) is 0.269. The van der Waals surface area contributed by atoms with Gasteiger partial charge in [0.1, 0.15) is 5.75 Å². The fourth-order valence-corrected chi connectivity index (χ4v) is 4.08. The Morgan fingerprint density at radius 1 is 1.11 bits per heavy atom. The van der Waals surface area contributed by atoms with Crippen molar-refractivity contribution in [1.82, 2.24) is 4.31 Å². The first-order valence-electron chi connectivity index (χ1n) is 8.81. The first-order chi connectivity index (χ1) is 13.3. The van der Waals surface area contributed by atoms with E-state index in [-0.39, 0.29) is 16.6 Å². The van der Waals surface area contributed by atoms with E-state index in [0.29, 0.717) is 24.3 Å². The second-order valence-electron chi connectivity index (χ2n) is 5.97. The van der Waals surface area contributed by atoms with Crippen molar-refractivity contribution in [3.8, 4) is 5.75 Å². The molecule has 0 unspecified atom stereocenters. The van der Waals surface area contributed by atoms with Crippen molar-refractivity contribution < 1.29 is 17.9 Å². The van der Waals surface area contributed by atoms with Crippen molar-refractivity contribution >= 4 is 27.6 Å². The molecule has 0 heterocycles. The molecular formula is C19H24N4O4S. The minimum absolute atomic E-state index is 0.155. The fourth-order valence-electron chi connectivity index (χ4n) is 2.54. The third-order valence-electron chi connectivity index (χ3n) is 3.90. The Labute approximate surface area is 164 Å². The van der Waals surface area contributed by atoms with Gasteiger partial charge in [-0.2, -0.15) is 4.31 Å². The Balaban J connectivity index is 2.09. The molecule has 0 spiro atoms. The topological polar surface area (TPSA) is 126 Å². The molecule has 0 bridgehead atoms. The van der Waals surface area contributed by atoms with Gasteiger partial charge in [0.15, 0.2) is 5.96 Å². The Kier molecular flexibility index (Phi) is 7.13. The molecule has 150 valence electrons. The summed E-state index contributed by atoms with van der Waals surface area (Å²) in [5.74, 6) is -0.537. The Morgan fingerprint density at radius 2 is 1.71 bits per heavy atom. The smallest absolute Gasteiger partial charge is 0.343 e.